The summed E-state index contributed by atoms with van der Waals surface area (Å²) in [6.07, 6.45) is 3.95. The van der Waals surface area contributed by atoms with Gasteiger partial charge in [-0.15, -0.1) is 0 Å². The lowest BCUT2D eigenvalue weighted by atomic mass is 10.2. The van der Waals surface area contributed by atoms with Crippen molar-refractivity contribution in [1.29, 1.82) is 0 Å². The van der Waals surface area contributed by atoms with Gasteiger partial charge in [0.25, 0.3) is 5.91 Å². The molecule has 1 aromatic heterocycles. The highest BCUT2D eigenvalue weighted by atomic mass is 16.5. The van der Waals surface area contributed by atoms with Gasteiger partial charge in [-0.2, -0.15) is 0 Å². The third kappa shape index (κ3) is 4.00. The summed E-state index contributed by atoms with van der Waals surface area (Å²) >= 11 is 0. The average molecular weight is 250 g/mol. The standard InChI is InChI=1S/C13H18N2O3/c1-10-4-5-13(15-7-10)18-9-12(16)14-8-11-3-2-6-17-11/h4-5,7,11H,2-3,6,8-9H2,1H3,(H,14,16)/t11-/m0/s1. The first-order valence-corrected chi connectivity index (χ1v) is 6.18. The van der Waals surface area contributed by atoms with Crippen LogP contribution in [0.25, 0.3) is 0 Å². The van der Waals surface area contributed by atoms with Crippen LogP contribution in [0.1, 0.15) is 18.4 Å². The number of hydrogen-bond donors (Lipinski definition) is 1. The van der Waals surface area contributed by atoms with Gasteiger partial charge in [-0.05, 0) is 25.3 Å². The Labute approximate surface area is 107 Å². The Morgan fingerprint density at radius 3 is 3.17 bits per heavy atom. The van der Waals surface area contributed by atoms with Gasteiger partial charge in [-0.25, -0.2) is 4.98 Å². The van der Waals surface area contributed by atoms with Crippen LogP contribution in [-0.2, 0) is 9.53 Å². The van der Waals surface area contributed by atoms with E-state index in [0.717, 1.165) is 25.0 Å². The van der Waals surface area contributed by atoms with Gasteiger partial charge in [0.05, 0.1) is 6.10 Å². The van der Waals surface area contributed by atoms with Crippen LogP contribution in [0, 0.1) is 6.92 Å². The minimum atomic E-state index is -0.145. The molecule has 0 unspecified atom stereocenters. The summed E-state index contributed by atoms with van der Waals surface area (Å²) in [5.74, 6) is 0.320. The van der Waals surface area contributed by atoms with Crippen LogP contribution in [0.3, 0.4) is 0 Å². The molecular weight excluding hydrogens is 232 g/mol. The molecule has 1 aliphatic rings. The van der Waals surface area contributed by atoms with E-state index in [-0.39, 0.29) is 18.6 Å². The van der Waals surface area contributed by atoms with E-state index in [1.165, 1.54) is 0 Å². The second-order valence-electron chi connectivity index (χ2n) is 4.40. The molecule has 2 heterocycles. The summed E-state index contributed by atoms with van der Waals surface area (Å²) in [6.45, 7) is 3.29. The van der Waals surface area contributed by atoms with Crippen molar-refractivity contribution >= 4 is 5.91 Å². The van der Waals surface area contributed by atoms with Gasteiger partial charge >= 0.3 is 0 Å². The van der Waals surface area contributed by atoms with E-state index in [0.29, 0.717) is 12.4 Å². The van der Waals surface area contributed by atoms with Crippen molar-refractivity contribution in [3.8, 4) is 5.88 Å². The lowest BCUT2D eigenvalue weighted by molar-refractivity contribution is -0.123. The summed E-state index contributed by atoms with van der Waals surface area (Å²) in [4.78, 5) is 15.6. The topological polar surface area (TPSA) is 60.5 Å². The largest absolute Gasteiger partial charge is 0.468 e. The van der Waals surface area contributed by atoms with E-state index in [1.807, 2.05) is 13.0 Å². The molecule has 0 saturated carbocycles. The van der Waals surface area contributed by atoms with Crippen molar-refractivity contribution in [2.45, 2.75) is 25.9 Å². The van der Waals surface area contributed by atoms with E-state index < -0.39 is 0 Å². The first kappa shape index (κ1) is 12.8. The highest BCUT2D eigenvalue weighted by Gasteiger charge is 2.16. The lowest BCUT2D eigenvalue weighted by Crippen LogP contribution is -2.35. The molecule has 0 radical (unpaired) electrons. The fourth-order valence-corrected chi connectivity index (χ4v) is 1.76. The zero-order chi connectivity index (χ0) is 12.8. The fourth-order valence-electron chi connectivity index (χ4n) is 1.76. The molecule has 2 rings (SSSR count). The van der Waals surface area contributed by atoms with Crippen LogP contribution in [-0.4, -0.2) is 36.8 Å². The Morgan fingerprint density at radius 2 is 2.50 bits per heavy atom. The van der Waals surface area contributed by atoms with Crippen LogP contribution in [0.4, 0.5) is 0 Å². The number of pyridine rings is 1. The molecule has 0 spiro atoms. The molecule has 1 aromatic rings. The smallest absolute Gasteiger partial charge is 0.258 e. The summed E-state index contributed by atoms with van der Waals surface area (Å²) < 4.78 is 10.7. The zero-order valence-corrected chi connectivity index (χ0v) is 10.5. The van der Waals surface area contributed by atoms with E-state index in [1.54, 1.807) is 12.3 Å². The van der Waals surface area contributed by atoms with Crippen molar-refractivity contribution < 1.29 is 14.3 Å². The lowest BCUT2D eigenvalue weighted by Gasteiger charge is -2.11. The number of carbonyl (C=O) groups is 1. The van der Waals surface area contributed by atoms with Crippen LogP contribution in [0.2, 0.25) is 0 Å². The average Bonchev–Trinajstić information content (AvgIpc) is 2.89. The zero-order valence-electron chi connectivity index (χ0n) is 10.5. The van der Waals surface area contributed by atoms with Crippen molar-refractivity contribution in [3.63, 3.8) is 0 Å². The Morgan fingerprint density at radius 1 is 1.61 bits per heavy atom. The van der Waals surface area contributed by atoms with Crippen molar-refractivity contribution in [2.75, 3.05) is 19.8 Å². The molecule has 0 aromatic carbocycles. The maximum atomic E-state index is 11.5. The maximum Gasteiger partial charge on any atom is 0.258 e. The molecule has 1 atom stereocenters. The minimum Gasteiger partial charge on any atom is -0.468 e. The van der Waals surface area contributed by atoms with E-state index in [4.69, 9.17) is 9.47 Å². The number of nitrogens with zero attached hydrogens (tertiary/aromatic N) is 1. The number of rotatable bonds is 5. The van der Waals surface area contributed by atoms with Gasteiger partial charge in [0.1, 0.15) is 0 Å². The molecule has 98 valence electrons. The predicted molar refractivity (Wildman–Crippen MR) is 66.5 cm³/mol. The summed E-state index contributed by atoms with van der Waals surface area (Å²) in [6, 6.07) is 3.65. The van der Waals surface area contributed by atoms with Crippen LogP contribution in [0.15, 0.2) is 18.3 Å². The molecule has 1 saturated heterocycles. The third-order valence-corrected chi connectivity index (χ3v) is 2.79. The quantitative estimate of drug-likeness (QED) is 0.849. The highest BCUT2D eigenvalue weighted by Crippen LogP contribution is 2.10. The van der Waals surface area contributed by atoms with E-state index >= 15 is 0 Å². The Balaban J connectivity index is 1.66. The van der Waals surface area contributed by atoms with Crippen LogP contribution < -0.4 is 10.1 Å². The van der Waals surface area contributed by atoms with Gasteiger partial charge in [-0.1, -0.05) is 6.07 Å². The van der Waals surface area contributed by atoms with E-state index in [2.05, 4.69) is 10.3 Å². The van der Waals surface area contributed by atoms with Crippen molar-refractivity contribution in [3.05, 3.63) is 23.9 Å². The molecule has 0 aliphatic carbocycles. The maximum absolute atomic E-state index is 11.5. The first-order valence-electron chi connectivity index (χ1n) is 6.18. The van der Waals surface area contributed by atoms with Gasteiger partial charge in [0, 0.05) is 25.4 Å². The third-order valence-electron chi connectivity index (χ3n) is 2.79. The van der Waals surface area contributed by atoms with Crippen molar-refractivity contribution in [1.82, 2.24) is 10.3 Å². The monoisotopic (exact) mass is 250 g/mol. The number of amides is 1. The Kier molecular flexibility index (Phi) is 4.52. The Bertz CT molecular complexity index is 386. The molecule has 1 N–H and O–H groups in total. The minimum absolute atomic E-state index is 0.0111. The van der Waals surface area contributed by atoms with E-state index in [9.17, 15) is 4.79 Å². The number of aromatic nitrogens is 1. The van der Waals surface area contributed by atoms with Gasteiger partial charge in [-0.3, -0.25) is 4.79 Å². The summed E-state index contributed by atoms with van der Waals surface area (Å²) in [5, 5.41) is 2.79. The summed E-state index contributed by atoms with van der Waals surface area (Å²) in [7, 11) is 0. The number of nitrogens with one attached hydrogen (secondary N) is 1. The van der Waals surface area contributed by atoms with Crippen LogP contribution >= 0.6 is 0 Å². The number of aryl methyl sites for hydroxylation is 1. The number of carbonyl (C=O) groups excluding carboxylic acids is 1. The van der Waals surface area contributed by atoms with Gasteiger partial charge in [0.15, 0.2) is 6.61 Å². The Hall–Kier alpha value is -1.62. The molecular formula is C13H18N2O3. The molecule has 5 heteroatoms. The SMILES string of the molecule is Cc1ccc(OCC(=O)NC[C@@H]2CCCO2)nc1. The second kappa shape index (κ2) is 6.35. The van der Waals surface area contributed by atoms with Gasteiger partial charge < -0.3 is 14.8 Å². The predicted octanol–water partition coefficient (Wildman–Crippen LogP) is 1.06. The number of hydrogen-bond acceptors (Lipinski definition) is 4. The molecule has 5 nitrogen and oxygen atoms in total. The molecule has 1 amide bonds. The molecule has 0 bridgehead atoms. The fraction of sp³-hybridized carbons (Fsp3) is 0.538. The van der Waals surface area contributed by atoms with Gasteiger partial charge in [0.2, 0.25) is 5.88 Å². The highest BCUT2D eigenvalue weighted by molar-refractivity contribution is 5.77. The van der Waals surface area contributed by atoms with Crippen molar-refractivity contribution in [2.24, 2.45) is 0 Å². The first-order chi connectivity index (χ1) is 8.74. The molecule has 18 heavy (non-hydrogen) atoms. The molecule has 1 aliphatic heterocycles. The van der Waals surface area contributed by atoms with Crippen LogP contribution in [0.5, 0.6) is 5.88 Å². The number of ether oxygens (including phenoxy) is 2. The normalized spacial score (nSPS) is 18.6. The second-order valence-corrected chi connectivity index (χ2v) is 4.40. The summed E-state index contributed by atoms with van der Waals surface area (Å²) in [5.41, 5.74) is 1.06. The molecule has 1 fully saturated rings.